The van der Waals surface area contributed by atoms with Crippen LogP contribution in [0, 0.1) is 5.92 Å². The molecule has 0 saturated heterocycles. The maximum absolute atomic E-state index is 10.6. The van der Waals surface area contributed by atoms with Gasteiger partial charge in [-0.1, -0.05) is 57.0 Å². The summed E-state index contributed by atoms with van der Waals surface area (Å²) in [6, 6.07) is 9.23. The Kier molecular flexibility index (Phi) is 14.5. The third kappa shape index (κ3) is 13.8. The minimum Gasteiger partial charge on any atom is -0.550 e. The predicted molar refractivity (Wildman–Crippen MR) is 74.8 cm³/mol. The second-order valence-corrected chi connectivity index (χ2v) is 4.93. The molecule has 0 spiro atoms. The Morgan fingerprint density at radius 3 is 2.00 bits per heavy atom. The summed E-state index contributed by atoms with van der Waals surface area (Å²) >= 11 is 0. The Morgan fingerprint density at radius 2 is 1.65 bits per heavy atom. The van der Waals surface area contributed by atoms with Crippen LogP contribution in [-0.2, 0) is 4.79 Å². The summed E-state index contributed by atoms with van der Waals surface area (Å²) in [5.41, 5.74) is 0.775. The van der Waals surface area contributed by atoms with Crippen molar-refractivity contribution >= 4 is 11.8 Å². The van der Waals surface area contributed by atoms with E-state index in [0.29, 0.717) is 5.92 Å². The molecule has 0 fully saturated rings. The standard InChI is InChI=1S/C8H16O2.C8H8O.Na/c1-7(2)5-3-4-6-8(9)10;1-7(9)8-5-3-2-4-6-8;/h7H,3-6H2,1-2H3,(H,9,10);2-6H,1H3;/q;;+1/p-1. The van der Waals surface area contributed by atoms with E-state index in [9.17, 15) is 14.7 Å². The number of rotatable bonds is 6. The van der Waals surface area contributed by atoms with Gasteiger partial charge in [0.1, 0.15) is 0 Å². The Hall–Kier alpha value is -0.640. The Bertz CT molecular complexity index is 375. The monoisotopic (exact) mass is 286 g/mol. The molecule has 0 bridgehead atoms. The van der Waals surface area contributed by atoms with Crippen LogP contribution in [0.4, 0.5) is 0 Å². The summed E-state index contributed by atoms with van der Waals surface area (Å²) in [5, 5.41) is 9.93. The number of benzene rings is 1. The van der Waals surface area contributed by atoms with Crippen LogP contribution in [0.2, 0.25) is 0 Å². The smallest absolute Gasteiger partial charge is 0.550 e. The maximum Gasteiger partial charge on any atom is 1.00 e. The minimum atomic E-state index is -0.927. The Balaban J connectivity index is 0. The van der Waals surface area contributed by atoms with E-state index in [1.807, 2.05) is 30.3 Å². The van der Waals surface area contributed by atoms with E-state index in [1.54, 1.807) is 6.92 Å². The van der Waals surface area contributed by atoms with E-state index in [1.165, 1.54) is 0 Å². The van der Waals surface area contributed by atoms with Gasteiger partial charge in [-0.3, -0.25) is 4.79 Å². The molecule has 106 valence electrons. The van der Waals surface area contributed by atoms with Crippen molar-refractivity contribution in [2.75, 3.05) is 0 Å². The summed E-state index contributed by atoms with van der Waals surface area (Å²) in [4.78, 5) is 20.6. The largest absolute Gasteiger partial charge is 1.00 e. The van der Waals surface area contributed by atoms with Crippen molar-refractivity contribution < 1.29 is 44.3 Å². The van der Waals surface area contributed by atoms with Gasteiger partial charge in [0.05, 0.1) is 0 Å². The van der Waals surface area contributed by atoms with Crippen LogP contribution in [0.15, 0.2) is 30.3 Å². The van der Waals surface area contributed by atoms with Gasteiger partial charge in [-0.15, -0.1) is 0 Å². The molecule has 20 heavy (non-hydrogen) atoms. The summed E-state index contributed by atoms with van der Waals surface area (Å²) in [5.74, 6) is -0.124. The van der Waals surface area contributed by atoms with Crippen LogP contribution in [0.3, 0.4) is 0 Å². The zero-order valence-electron chi connectivity index (χ0n) is 13.0. The number of hydrogen-bond acceptors (Lipinski definition) is 3. The summed E-state index contributed by atoms with van der Waals surface area (Å²) in [7, 11) is 0. The first kappa shape index (κ1) is 21.7. The average Bonchev–Trinajstić information content (AvgIpc) is 2.36. The second-order valence-electron chi connectivity index (χ2n) is 4.93. The van der Waals surface area contributed by atoms with Crippen molar-refractivity contribution in [3.8, 4) is 0 Å². The van der Waals surface area contributed by atoms with Crippen LogP contribution >= 0.6 is 0 Å². The molecular weight excluding hydrogens is 263 g/mol. The molecule has 0 radical (unpaired) electrons. The third-order valence-corrected chi connectivity index (χ3v) is 2.59. The molecule has 0 saturated carbocycles. The molecule has 1 aromatic carbocycles. The molecular formula is C16H23NaO3. The molecule has 0 N–H and O–H groups in total. The Labute approximate surface area is 144 Å². The van der Waals surface area contributed by atoms with Crippen molar-refractivity contribution in [1.82, 2.24) is 0 Å². The number of unbranched alkanes of at least 4 members (excludes halogenated alkanes) is 1. The van der Waals surface area contributed by atoms with Gasteiger partial charge in [-0.2, -0.15) is 0 Å². The first-order valence-electron chi connectivity index (χ1n) is 6.69. The van der Waals surface area contributed by atoms with E-state index in [-0.39, 0.29) is 41.8 Å². The zero-order valence-corrected chi connectivity index (χ0v) is 15.0. The third-order valence-electron chi connectivity index (χ3n) is 2.59. The van der Waals surface area contributed by atoms with Crippen molar-refractivity contribution in [1.29, 1.82) is 0 Å². The summed E-state index contributed by atoms with van der Waals surface area (Å²) < 4.78 is 0. The summed E-state index contributed by atoms with van der Waals surface area (Å²) in [6.07, 6.45) is 3.10. The first-order valence-corrected chi connectivity index (χ1v) is 6.69. The molecule has 0 aliphatic heterocycles. The van der Waals surface area contributed by atoms with Gasteiger partial charge in [0.25, 0.3) is 0 Å². The molecule has 0 aliphatic carbocycles. The van der Waals surface area contributed by atoms with Gasteiger partial charge in [0.2, 0.25) is 0 Å². The molecule has 0 aliphatic rings. The fourth-order valence-electron chi connectivity index (χ4n) is 1.49. The molecule has 0 unspecified atom stereocenters. The van der Waals surface area contributed by atoms with Crippen molar-refractivity contribution in [3.63, 3.8) is 0 Å². The fourth-order valence-corrected chi connectivity index (χ4v) is 1.49. The predicted octanol–water partition coefficient (Wildman–Crippen LogP) is -0.154. The van der Waals surface area contributed by atoms with E-state index in [2.05, 4.69) is 13.8 Å². The molecule has 1 aromatic rings. The fraction of sp³-hybridized carbons (Fsp3) is 0.500. The number of carbonyl (C=O) groups is 2. The maximum atomic E-state index is 10.6. The van der Waals surface area contributed by atoms with Gasteiger partial charge in [-0.05, 0) is 25.7 Å². The quantitative estimate of drug-likeness (QED) is 0.415. The summed E-state index contributed by atoms with van der Waals surface area (Å²) in [6.45, 7) is 5.84. The average molecular weight is 286 g/mol. The van der Waals surface area contributed by atoms with E-state index < -0.39 is 5.97 Å². The number of Topliss-reactive ketones (excluding diaryl/α,β-unsaturated/α-hetero) is 1. The normalized spacial score (nSPS) is 9.20. The van der Waals surface area contributed by atoms with E-state index >= 15 is 0 Å². The molecule has 3 nitrogen and oxygen atoms in total. The number of ketones is 1. The number of carboxylic acid groups (broad SMARTS) is 1. The Morgan fingerprint density at radius 1 is 1.10 bits per heavy atom. The van der Waals surface area contributed by atoms with Crippen molar-refractivity contribution in [2.45, 2.75) is 46.5 Å². The molecule has 0 heterocycles. The minimum absolute atomic E-state index is 0. The van der Waals surface area contributed by atoms with Crippen molar-refractivity contribution in [3.05, 3.63) is 35.9 Å². The van der Waals surface area contributed by atoms with Gasteiger partial charge in [0.15, 0.2) is 5.78 Å². The SMILES string of the molecule is CC(=O)c1ccccc1.CC(C)CCCCC(=O)[O-].[Na+]. The number of aliphatic carboxylic acids is 1. The van der Waals surface area contributed by atoms with Crippen LogP contribution in [0.5, 0.6) is 0 Å². The second kappa shape index (κ2) is 13.3. The molecule has 0 atom stereocenters. The van der Waals surface area contributed by atoms with Gasteiger partial charge in [0, 0.05) is 11.5 Å². The van der Waals surface area contributed by atoms with Crippen LogP contribution in [0.1, 0.15) is 56.8 Å². The molecule has 0 amide bonds. The van der Waals surface area contributed by atoms with Gasteiger partial charge < -0.3 is 9.90 Å². The number of hydrogen-bond donors (Lipinski definition) is 0. The van der Waals surface area contributed by atoms with Gasteiger partial charge in [-0.25, -0.2) is 0 Å². The van der Waals surface area contributed by atoms with Gasteiger partial charge >= 0.3 is 29.6 Å². The zero-order chi connectivity index (χ0) is 14.7. The number of carboxylic acids is 1. The first-order chi connectivity index (χ1) is 8.93. The van der Waals surface area contributed by atoms with Crippen LogP contribution in [0.25, 0.3) is 0 Å². The van der Waals surface area contributed by atoms with E-state index in [0.717, 1.165) is 24.8 Å². The van der Waals surface area contributed by atoms with Crippen LogP contribution in [-0.4, -0.2) is 11.8 Å². The molecule has 1 rings (SSSR count). The topological polar surface area (TPSA) is 57.2 Å². The number of carbonyl (C=O) groups excluding carboxylic acids is 2. The van der Waals surface area contributed by atoms with E-state index in [4.69, 9.17) is 0 Å². The molecule has 0 aromatic heterocycles. The molecule has 4 heteroatoms. The van der Waals surface area contributed by atoms with Crippen LogP contribution < -0.4 is 34.7 Å². The van der Waals surface area contributed by atoms with Crippen molar-refractivity contribution in [2.24, 2.45) is 5.92 Å².